The molecule has 5 nitrogen and oxygen atoms in total. The van der Waals surface area contributed by atoms with E-state index in [1.165, 1.54) is 5.69 Å². The molecule has 1 amide bonds. The maximum atomic E-state index is 12.9. The van der Waals surface area contributed by atoms with Crippen LogP contribution >= 0.6 is 0 Å². The molecule has 152 valence electrons. The number of aromatic nitrogens is 1. The van der Waals surface area contributed by atoms with E-state index in [1.54, 1.807) is 0 Å². The van der Waals surface area contributed by atoms with Gasteiger partial charge in [0.05, 0.1) is 5.56 Å². The first-order chi connectivity index (χ1) is 13.3. The second kappa shape index (κ2) is 8.39. The Bertz CT molecular complexity index is 845. The fraction of sp³-hybridized carbons (Fsp3) is 0.522. The van der Waals surface area contributed by atoms with Crippen LogP contribution in [0.2, 0.25) is 0 Å². The van der Waals surface area contributed by atoms with Crippen LogP contribution in [-0.2, 0) is 0 Å². The highest BCUT2D eigenvalue weighted by Crippen LogP contribution is 2.26. The number of aryl methyl sites for hydroxylation is 2. The molecule has 0 spiro atoms. The van der Waals surface area contributed by atoms with E-state index in [-0.39, 0.29) is 5.91 Å². The van der Waals surface area contributed by atoms with Crippen molar-refractivity contribution in [2.45, 2.75) is 47.6 Å². The molecule has 0 saturated carbocycles. The first-order valence-corrected chi connectivity index (χ1v) is 10.4. The van der Waals surface area contributed by atoms with E-state index in [1.807, 2.05) is 19.1 Å². The highest BCUT2D eigenvalue weighted by Gasteiger charge is 2.19. The van der Waals surface area contributed by atoms with Crippen molar-refractivity contribution >= 4 is 17.3 Å². The summed E-state index contributed by atoms with van der Waals surface area (Å²) in [5, 5.41) is 3.11. The van der Waals surface area contributed by atoms with Crippen LogP contribution in [-0.4, -0.2) is 48.1 Å². The summed E-state index contributed by atoms with van der Waals surface area (Å²) in [6, 6.07) is 8.68. The van der Waals surface area contributed by atoms with Crippen molar-refractivity contribution in [3.8, 4) is 0 Å². The molecule has 0 unspecified atom stereocenters. The lowest BCUT2D eigenvalue weighted by Crippen LogP contribution is -2.46. The first kappa shape index (κ1) is 20.5. The molecule has 1 aliphatic heterocycles. The molecule has 2 aromatic rings. The number of anilines is 2. The van der Waals surface area contributed by atoms with Crippen molar-refractivity contribution in [3.05, 3.63) is 46.8 Å². The molecular weight excluding hydrogens is 348 g/mol. The van der Waals surface area contributed by atoms with Crippen molar-refractivity contribution in [1.82, 2.24) is 9.47 Å². The zero-order chi connectivity index (χ0) is 20.4. The number of hydrogen-bond acceptors (Lipinski definition) is 3. The van der Waals surface area contributed by atoms with Gasteiger partial charge in [-0.1, -0.05) is 6.92 Å². The summed E-state index contributed by atoms with van der Waals surface area (Å²) < 4.78 is 2.21. The molecule has 0 radical (unpaired) electrons. The fourth-order valence-corrected chi connectivity index (χ4v) is 4.30. The van der Waals surface area contributed by atoms with Gasteiger partial charge >= 0.3 is 0 Å². The Hall–Kier alpha value is -2.27. The summed E-state index contributed by atoms with van der Waals surface area (Å²) in [5.41, 5.74) is 6.12. The Morgan fingerprint density at radius 2 is 1.75 bits per heavy atom. The number of carbonyl (C=O) groups is 1. The molecule has 0 bridgehead atoms. The maximum absolute atomic E-state index is 12.9. The van der Waals surface area contributed by atoms with Crippen LogP contribution in [0.25, 0.3) is 0 Å². The summed E-state index contributed by atoms with van der Waals surface area (Å²) in [5.74, 6) is -0.0348. The minimum Gasteiger partial charge on any atom is -0.369 e. The van der Waals surface area contributed by atoms with Gasteiger partial charge in [0.15, 0.2) is 0 Å². The zero-order valence-corrected chi connectivity index (χ0v) is 18.2. The van der Waals surface area contributed by atoms with Gasteiger partial charge in [0.25, 0.3) is 5.91 Å². The number of hydrogen-bond donors (Lipinski definition) is 1. The minimum absolute atomic E-state index is 0.0348. The summed E-state index contributed by atoms with van der Waals surface area (Å²) in [7, 11) is 0. The Labute approximate surface area is 169 Å². The molecule has 1 aromatic carbocycles. The van der Waals surface area contributed by atoms with E-state index in [2.05, 4.69) is 66.4 Å². The first-order valence-electron chi connectivity index (χ1n) is 10.4. The lowest BCUT2D eigenvalue weighted by molar-refractivity contribution is 0.102. The molecule has 5 heteroatoms. The fourth-order valence-electron chi connectivity index (χ4n) is 4.30. The lowest BCUT2D eigenvalue weighted by Gasteiger charge is -2.35. The number of carbonyl (C=O) groups excluding carboxylic acids is 1. The van der Waals surface area contributed by atoms with Gasteiger partial charge in [-0.05, 0) is 71.0 Å². The summed E-state index contributed by atoms with van der Waals surface area (Å²) >= 11 is 0. The Morgan fingerprint density at radius 1 is 1.07 bits per heavy atom. The number of nitrogens with zero attached hydrogens (tertiary/aromatic N) is 3. The number of likely N-dealkylation sites (N-methyl/N-ethyl adjacent to an activating group) is 1. The summed E-state index contributed by atoms with van der Waals surface area (Å²) in [6.45, 7) is 18.1. The number of nitrogens with one attached hydrogen (secondary N) is 1. The highest BCUT2D eigenvalue weighted by atomic mass is 16.1. The van der Waals surface area contributed by atoms with Gasteiger partial charge in [0, 0.05) is 55.0 Å². The molecule has 3 rings (SSSR count). The van der Waals surface area contributed by atoms with Gasteiger partial charge in [0.1, 0.15) is 0 Å². The standard InChI is InChI=1S/C23H34N4O/c1-7-25-10-12-26(13-11-25)20-8-9-22(17(4)14-20)24-23(28)21-15-18(5)27(16(2)3)19(21)6/h8-9,14-16H,7,10-13H2,1-6H3,(H,24,28). The van der Waals surface area contributed by atoms with Gasteiger partial charge in [-0.25, -0.2) is 0 Å². The van der Waals surface area contributed by atoms with E-state index in [0.29, 0.717) is 6.04 Å². The molecule has 1 aliphatic rings. The quantitative estimate of drug-likeness (QED) is 0.834. The molecule has 28 heavy (non-hydrogen) atoms. The molecule has 2 heterocycles. The number of rotatable bonds is 5. The number of amides is 1. The third kappa shape index (κ3) is 4.09. The maximum Gasteiger partial charge on any atom is 0.257 e. The molecule has 1 fully saturated rings. The van der Waals surface area contributed by atoms with Crippen LogP contribution in [0.15, 0.2) is 24.3 Å². The van der Waals surface area contributed by atoms with E-state index in [9.17, 15) is 4.79 Å². The third-order valence-corrected chi connectivity index (χ3v) is 5.89. The normalized spacial score (nSPS) is 15.3. The molecular formula is C23H34N4O. The van der Waals surface area contributed by atoms with Crippen molar-refractivity contribution < 1.29 is 4.79 Å². The number of piperazine rings is 1. The van der Waals surface area contributed by atoms with Crippen LogP contribution < -0.4 is 10.2 Å². The van der Waals surface area contributed by atoms with E-state index >= 15 is 0 Å². The number of benzene rings is 1. The monoisotopic (exact) mass is 382 g/mol. The average molecular weight is 383 g/mol. The predicted molar refractivity (Wildman–Crippen MR) is 118 cm³/mol. The third-order valence-electron chi connectivity index (χ3n) is 5.89. The van der Waals surface area contributed by atoms with E-state index in [0.717, 1.165) is 60.9 Å². The summed E-state index contributed by atoms with van der Waals surface area (Å²) in [4.78, 5) is 17.8. The zero-order valence-electron chi connectivity index (χ0n) is 18.2. The predicted octanol–water partition coefficient (Wildman–Crippen LogP) is 4.39. The van der Waals surface area contributed by atoms with Crippen molar-refractivity contribution in [3.63, 3.8) is 0 Å². The van der Waals surface area contributed by atoms with Crippen LogP contribution in [0.3, 0.4) is 0 Å². The molecule has 0 atom stereocenters. The van der Waals surface area contributed by atoms with Crippen LogP contribution in [0.1, 0.15) is 54.1 Å². The van der Waals surface area contributed by atoms with Crippen LogP contribution in [0.5, 0.6) is 0 Å². The van der Waals surface area contributed by atoms with Crippen LogP contribution in [0.4, 0.5) is 11.4 Å². The Morgan fingerprint density at radius 3 is 2.29 bits per heavy atom. The van der Waals surface area contributed by atoms with Gasteiger partial charge in [0.2, 0.25) is 0 Å². The second-order valence-corrected chi connectivity index (χ2v) is 8.12. The topological polar surface area (TPSA) is 40.5 Å². The van der Waals surface area contributed by atoms with Gasteiger partial charge in [-0.15, -0.1) is 0 Å². The van der Waals surface area contributed by atoms with Gasteiger partial charge in [-0.3, -0.25) is 4.79 Å². The molecule has 1 aromatic heterocycles. The SMILES string of the molecule is CCN1CCN(c2ccc(NC(=O)c3cc(C)n(C(C)C)c3C)c(C)c2)CC1. The van der Waals surface area contributed by atoms with Crippen LogP contribution in [0, 0.1) is 20.8 Å². The van der Waals surface area contributed by atoms with Gasteiger partial charge < -0.3 is 19.7 Å². The Balaban J connectivity index is 1.73. The minimum atomic E-state index is -0.0348. The summed E-state index contributed by atoms with van der Waals surface area (Å²) in [6.07, 6.45) is 0. The molecule has 1 N–H and O–H groups in total. The molecule has 0 aliphatic carbocycles. The highest BCUT2D eigenvalue weighted by molar-refractivity contribution is 6.05. The second-order valence-electron chi connectivity index (χ2n) is 8.12. The lowest BCUT2D eigenvalue weighted by atomic mass is 10.1. The van der Waals surface area contributed by atoms with Crippen molar-refractivity contribution in [2.24, 2.45) is 0 Å². The molecule has 1 saturated heterocycles. The largest absolute Gasteiger partial charge is 0.369 e. The van der Waals surface area contributed by atoms with E-state index < -0.39 is 0 Å². The smallest absolute Gasteiger partial charge is 0.257 e. The Kier molecular flexibility index (Phi) is 6.14. The van der Waals surface area contributed by atoms with Gasteiger partial charge in [-0.2, -0.15) is 0 Å². The van der Waals surface area contributed by atoms with E-state index in [4.69, 9.17) is 0 Å². The van der Waals surface area contributed by atoms with Crippen molar-refractivity contribution in [2.75, 3.05) is 42.9 Å². The average Bonchev–Trinajstić information content (AvgIpc) is 2.97. The van der Waals surface area contributed by atoms with Crippen molar-refractivity contribution in [1.29, 1.82) is 0 Å².